The van der Waals surface area contributed by atoms with E-state index in [1.165, 1.54) is 27.0 Å². The van der Waals surface area contributed by atoms with Gasteiger partial charge in [0.15, 0.2) is 0 Å². The number of hydrogen-bond acceptors (Lipinski definition) is 8. The van der Waals surface area contributed by atoms with Crippen LogP contribution in [0.2, 0.25) is 0 Å². The number of hydrogen-bond donors (Lipinski definition) is 3. The number of likely N-dealkylation sites (tertiary alicyclic amines) is 1. The van der Waals surface area contributed by atoms with Crippen LogP contribution in [0.1, 0.15) is 90.5 Å². The second-order valence-electron chi connectivity index (χ2n) is 16.4. The maximum Gasteiger partial charge on any atom is 0.410 e. The van der Waals surface area contributed by atoms with E-state index in [2.05, 4.69) is 22.0 Å². The lowest BCUT2D eigenvalue weighted by Crippen LogP contribution is -2.60. The summed E-state index contributed by atoms with van der Waals surface area (Å²) in [6.45, 7) is 14.3. The van der Waals surface area contributed by atoms with Crippen LogP contribution in [0.25, 0.3) is 10.9 Å². The molecule has 55 heavy (non-hydrogen) atoms. The molecule has 1 aromatic heterocycles. The number of likely N-dealkylation sites (N-methyl/N-ethyl adjacent to an activating group) is 1. The Morgan fingerprint density at radius 3 is 2.29 bits per heavy atom. The van der Waals surface area contributed by atoms with Gasteiger partial charge in [-0.3, -0.25) is 23.9 Å². The maximum atomic E-state index is 14.6. The number of amides is 5. The minimum Gasteiger partial charge on any atom is -0.444 e. The van der Waals surface area contributed by atoms with Crippen LogP contribution in [0.15, 0.2) is 54.7 Å². The number of aryl methyl sites for hydroxylation is 2. The second kappa shape index (κ2) is 17.3. The molecule has 5 amide bonds. The topological polar surface area (TPSA) is 176 Å². The van der Waals surface area contributed by atoms with E-state index >= 15 is 0 Å². The minimum atomic E-state index is -1.05. The van der Waals surface area contributed by atoms with Gasteiger partial charge in [-0.1, -0.05) is 56.7 Å². The molecule has 5 rings (SSSR count). The van der Waals surface area contributed by atoms with Crippen molar-refractivity contribution in [3.63, 3.8) is 0 Å². The standard InChI is InChI=1S/C40H54N6O6.CO2/c1-24-17-18-31-27(21-24)19-20-45(31)37(50)41-28-22-32(35(48)42-30-16-12-14-26-13-10-11-15-29(26)30)46(23-28)36(49)33(39(3,4)5)43-34(47)25(2)44(9)38(51)52-40(6,7)8;2-1-3/h10-11,13,15,17-21,25,28,30,32-33H,12,14,16,22-23H2,1-9H3,(H,41,50)(H,42,48)(H,43,47);/t25-,28?,30?,32-,33+;/m0./s1. The van der Waals surface area contributed by atoms with E-state index in [1.54, 1.807) is 33.9 Å². The molecule has 3 aromatic rings. The first-order chi connectivity index (χ1) is 25.7. The van der Waals surface area contributed by atoms with E-state index in [4.69, 9.17) is 14.3 Å². The van der Waals surface area contributed by atoms with Crippen LogP contribution < -0.4 is 16.0 Å². The van der Waals surface area contributed by atoms with E-state index in [1.807, 2.05) is 70.2 Å². The predicted molar refractivity (Wildman–Crippen MR) is 205 cm³/mol. The Labute approximate surface area is 322 Å². The summed E-state index contributed by atoms with van der Waals surface area (Å²) in [6.07, 6.45) is 4.12. The third kappa shape index (κ3) is 10.4. The van der Waals surface area contributed by atoms with Gasteiger partial charge in [0.25, 0.3) is 0 Å². The van der Waals surface area contributed by atoms with Gasteiger partial charge in [0.2, 0.25) is 17.7 Å². The highest BCUT2D eigenvalue weighted by molar-refractivity contribution is 5.95. The Bertz CT molecular complexity index is 1940. The van der Waals surface area contributed by atoms with Crippen molar-refractivity contribution < 1.29 is 38.3 Å². The fraction of sp³-hybridized carbons (Fsp3) is 0.512. The summed E-state index contributed by atoms with van der Waals surface area (Å²) in [5.41, 5.74) is 2.57. The van der Waals surface area contributed by atoms with Crippen LogP contribution in [-0.4, -0.2) is 93.7 Å². The molecule has 2 heterocycles. The molecule has 14 heteroatoms. The van der Waals surface area contributed by atoms with Gasteiger partial charge in [-0.25, -0.2) is 9.59 Å². The van der Waals surface area contributed by atoms with Crippen molar-refractivity contribution in [2.45, 2.75) is 117 Å². The number of benzene rings is 2. The summed E-state index contributed by atoms with van der Waals surface area (Å²) in [7, 11) is 1.47. The molecule has 14 nitrogen and oxygen atoms in total. The number of rotatable bonds is 7. The molecule has 1 aliphatic carbocycles. The van der Waals surface area contributed by atoms with Gasteiger partial charge < -0.3 is 25.6 Å². The van der Waals surface area contributed by atoms with Crippen LogP contribution in [0.4, 0.5) is 9.59 Å². The maximum absolute atomic E-state index is 14.6. The molecule has 1 aliphatic heterocycles. The third-order valence-corrected chi connectivity index (χ3v) is 10.0. The van der Waals surface area contributed by atoms with Gasteiger partial charge >= 0.3 is 18.3 Å². The van der Waals surface area contributed by atoms with E-state index in [0.29, 0.717) is 0 Å². The smallest absolute Gasteiger partial charge is 0.410 e. The highest BCUT2D eigenvalue weighted by Crippen LogP contribution is 2.31. The Morgan fingerprint density at radius 2 is 1.64 bits per heavy atom. The van der Waals surface area contributed by atoms with Crippen LogP contribution in [-0.2, 0) is 35.1 Å². The quantitative estimate of drug-likeness (QED) is 0.306. The summed E-state index contributed by atoms with van der Waals surface area (Å²) in [4.78, 5) is 87.8. The van der Waals surface area contributed by atoms with E-state index in [-0.39, 0.29) is 37.1 Å². The normalized spacial score (nSPS) is 19.1. The highest BCUT2D eigenvalue weighted by atomic mass is 16.6. The lowest BCUT2D eigenvalue weighted by atomic mass is 9.85. The van der Waals surface area contributed by atoms with Crippen molar-refractivity contribution in [3.8, 4) is 0 Å². The van der Waals surface area contributed by atoms with E-state index in [9.17, 15) is 24.0 Å². The molecule has 296 valence electrons. The lowest BCUT2D eigenvalue weighted by molar-refractivity contribution is -0.191. The Morgan fingerprint density at radius 1 is 0.964 bits per heavy atom. The first-order valence-corrected chi connectivity index (χ1v) is 18.6. The summed E-state index contributed by atoms with van der Waals surface area (Å²) >= 11 is 0. The number of nitrogens with one attached hydrogen (secondary N) is 3. The molecule has 0 radical (unpaired) electrons. The molecule has 1 fully saturated rings. The number of carbonyl (C=O) groups excluding carboxylic acids is 7. The molecule has 2 aliphatic rings. The predicted octanol–water partition coefficient (Wildman–Crippen LogP) is 4.87. The van der Waals surface area contributed by atoms with Crippen LogP contribution in [0.5, 0.6) is 0 Å². The first kappa shape index (κ1) is 42.3. The van der Waals surface area contributed by atoms with Crippen molar-refractivity contribution in [2.75, 3.05) is 13.6 Å². The van der Waals surface area contributed by atoms with Crippen LogP contribution in [0, 0.1) is 12.3 Å². The Kier molecular flexibility index (Phi) is 13.3. The number of nitrogens with zero attached hydrogens (tertiary/aromatic N) is 3. The molecule has 1 saturated heterocycles. The zero-order chi connectivity index (χ0) is 40.8. The monoisotopic (exact) mass is 758 g/mol. The van der Waals surface area contributed by atoms with E-state index < -0.39 is 53.1 Å². The molecular weight excluding hydrogens is 704 g/mol. The van der Waals surface area contributed by atoms with Gasteiger partial charge in [-0.05, 0) is 95.0 Å². The highest BCUT2D eigenvalue weighted by Gasteiger charge is 2.46. The van der Waals surface area contributed by atoms with Gasteiger partial charge in [-0.2, -0.15) is 9.59 Å². The van der Waals surface area contributed by atoms with Crippen LogP contribution in [0.3, 0.4) is 0 Å². The zero-order valence-electron chi connectivity index (χ0n) is 33.2. The summed E-state index contributed by atoms with van der Waals surface area (Å²) in [5, 5.41) is 10.1. The van der Waals surface area contributed by atoms with Gasteiger partial charge in [0.1, 0.15) is 23.7 Å². The lowest BCUT2D eigenvalue weighted by Gasteiger charge is -2.37. The molecule has 2 unspecified atom stereocenters. The summed E-state index contributed by atoms with van der Waals surface area (Å²) in [6, 6.07) is 11.8. The van der Waals surface area contributed by atoms with Gasteiger partial charge in [-0.15, -0.1) is 0 Å². The summed E-state index contributed by atoms with van der Waals surface area (Å²) < 4.78 is 6.98. The van der Waals surface area contributed by atoms with Crippen molar-refractivity contribution in [3.05, 3.63) is 71.4 Å². The average molecular weight is 759 g/mol. The molecule has 0 spiro atoms. The Balaban J connectivity index is 0.00000217. The van der Waals surface area contributed by atoms with Crippen molar-refractivity contribution in [2.24, 2.45) is 5.41 Å². The van der Waals surface area contributed by atoms with Crippen molar-refractivity contribution in [1.29, 1.82) is 0 Å². The number of ether oxygens (including phenoxy) is 1. The number of fused-ring (bicyclic) bond motifs is 2. The van der Waals surface area contributed by atoms with Crippen molar-refractivity contribution in [1.82, 2.24) is 30.3 Å². The molecule has 2 aromatic carbocycles. The fourth-order valence-corrected chi connectivity index (χ4v) is 7.03. The van der Waals surface area contributed by atoms with Gasteiger partial charge in [0.05, 0.1) is 17.6 Å². The number of aromatic nitrogens is 1. The van der Waals surface area contributed by atoms with Crippen molar-refractivity contribution >= 4 is 46.9 Å². The average Bonchev–Trinajstić information content (AvgIpc) is 3.73. The zero-order valence-corrected chi connectivity index (χ0v) is 33.2. The first-order valence-electron chi connectivity index (χ1n) is 18.6. The van der Waals surface area contributed by atoms with Crippen LogP contribution >= 0.6 is 0 Å². The molecule has 3 N–H and O–H groups in total. The minimum absolute atomic E-state index is 0.0675. The molecule has 5 atom stereocenters. The van der Waals surface area contributed by atoms with Gasteiger partial charge in [0, 0.05) is 25.2 Å². The fourth-order valence-electron chi connectivity index (χ4n) is 7.03. The molecule has 0 bridgehead atoms. The number of carbonyl (C=O) groups is 5. The van der Waals surface area contributed by atoms with E-state index in [0.717, 1.165) is 41.3 Å². The molecular formula is C41H54N6O8. The largest absolute Gasteiger partial charge is 0.444 e. The summed E-state index contributed by atoms with van der Waals surface area (Å²) in [5.74, 6) is -1.30. The SMILES string of the molecule is Cc1ccc2c(ccn2C(=O)NC2C[C@@H](C(=O)NC3CCCc4ccccc43)N(C(=O)[C@@H](NC(=O)[C@H](C)N(C)C(=O)OC(C)(C)C)C(C)(C)C)C2)c1.O=C=O. The second-order valence-corrected chi connectivity index (χ2v) is 16.4. The third-order valence-electron chi connectivity index (χ3n) is 10.0. The Hall–Kier alpha value is -5.49. The molecule has 0 saturated carbocycles.